The number of nitrogens with one attached hydrogen (secondary N) is 1. The molecular formula is C15H13N3O2S3. The van der Waals surface area contributed by atoms with E-state index in [9.17, 15) is 9.59 Å². The van der Waals surface area contributed by atoms with Crippen LogP contribution in [0.2, 0.25) is 0 Å². The summed E-state index contributed by atoms with van der Waals surface area (Å²) in [7, 11) is 0. The van der Waals surface area contributed by atoms with E-state index >= 15 is 0 Å². The van der Waals surface area contributed by atoms with Crippen molar-refractivity contribution in [2.75, 3.05) is 5.32 Å². The zero-order chi connectivity index (χ0) is 16.4. The van der Waals surface area contributed by atoms with Crippen LogP contribution >= 0.6 is 34.4 Å². The molecule has 0 saturated carbocycles. The molecule has 118 valence electrons. The number of carbonyl (C=O) groups excluding carboxylic acids is 2. The smallest absolute Gasteiger partial charge is 0.251 e. The second kappa shape index (κ2) is 6.69. The van der Waals surface area contributed by atoms with E-state index in [1.807, 2.05) is 31.2 Å². The van der Waals surface area contributed by atoms with Gasteiger partial charge in [0.05, 0.1) is 21.0 Å². The van der Waals surface area contributed by atoms with Gasteiger partial charge in [0, 0.05) is 0 Å². The Hall–Kier alpha value is -1.90. The van der Waals surface area contributed by atoms with Crippen LogP contribution in [-0.4, -0.2) is 22.0 Å². The summed E-state index contributed by atoms with van der Waals surface area (Å²) < 4.78 is 1.94. The minimum atomic E-state index is -0.548. The Morgan fingerprint density at radius 3 is 2.83 bits per heavy atom. The number of nitrogens with two attached hydrogens (primary N) is 1. The lowest BCUT2D eigenvalue weighted by atomic mass is 10.3. The summed E-state index contributed by atoms with van der Waals surface area (Å²) in [6.45, 7) is 1.81. The van der Waals surface area contributed by atoms with Gasteiger partial charge in [-0.1, -0.05) is 23.9 Å². The van der Waals surface area contributed by atoms with E-state index < -0.39 is 5.91 Å². The van der Waals surface area contributed by atoms with Crippen molar-refractivity contribution in [1.29, 1.82) is 0 Å². The van der Waals surface area contributed by atoms with Gasteiger partial charge in [-0.15, -0.1) is 22.7 Å². The summed E-state index contributed by atoms with van der Waals surface area (Å²) in [6, 6.07) is 9.47. The SMILES string of the molecule is CC(Sc1nc2ccccc2s1)C(=O)Nc1sccc1C(N)=O. The van der Waals surface area contributed by atoms with Crippen LogP contribution in [0, 0.1) is 0 Å². The van der Waals surface area contributed by atoms with E-state index in [2.05, 4.69) is 10.3 Å². The van der Waals surface area contributed by atoms with Crippen molar-refractivity contribution in [2.45, 2.75) is 16.5 Å². The van der Waals surface area contributed by atoms with Gasteiger partial charge in [-0.2, -0.15) is 0 Å². The average molecular weight is 363 g/mol. The number of thiazole rings is 1. The van der Waals surface area contributed by atoms with E-state index in [0.717, 1.165) is 14.6 Å². The van der Waals surface area contributed by atoms with Crippen molar-refractivity contribution in [3.63, 3.8) is 0 Å². The van der Waals surface area contributed by atoms with Gasteiger partial charge >= 0.3 is 0 Å². The van der Waals surface area contributed by atoms with Crippen molar-refractivity contribution in [1.82, 2.24) is 4.98 Å². The Morgan fingerprint density at radius 1 is 1.30 bits per heavy atom. The van der Waals surface area contributed by atoms with E-state index in [1.165, 1.54) is 23.1 Å². The fourth-order valence-electron chi connectivity index (χ4n) is 1.92. The standard InChI is InChI=1S/C15H13N3O2S3/c1-8(13(20)18-14-9(12(16)19)6-7-21-14)22-15-17-10-4-2-3-5-11(10)23-15/h2-8H,1H3,(H2,16,19)(H,18,20). The molecule has 8 heteroatoms. The number of thiophene rings is 1. The molecule has 2 amide bonds. The van der Waals surface area contributed by atoms with E-state index in [-0.39, 0.29) is 11.2 Å². The summed E-state index contributed by atoms with van der Waals surface area (Å²) in [5.74, 6) is -0.729. The molecular weight excluding hydrogens is 350 g/mol. The zero-order valence-electron chi connectivity index (χ0n) is 12.1. The summed E-state index contributed by atoms with van der Waals surface area (Å²) in [4.78, 5) is 28.1. The monoisotopic (exact) mass is 363 g/mol. The maximum Gasteiger partial charge on any atom is 0.251 e. The Bertz CT molecular complexity index is 839. The quantitative estimate of drug-likeness (QED) is 0.679. The van der Waals surface area contributed by atoms with Gasteiger partial charge in [-0.25, -0.2) is 4.98 Å². The molecule has 3 aromatic rings. The summed E-state index contributed by atoms with van der Waals surface area (Å²) >= 11 is 4.24. The largest absolute Gasteiger partial charge is 0.366 e. The number of aromatic nitrogens is 1. The molecule has 0 bridgehead atoms. The van der Waals surface area contributed by atoms with E-state index in [1.54, 1.807) is 22.8 Å². The Morgan fingerprint density at radius 2 is 2.09 bits per heavy atom. The molecule has 0 aliphatic heterocycles. The van der Waals surface area contributed by atoms with Crippen LogP contribution in [0.1, 0.15) is 17.3 Å². The summed E-state index contributed by atoms with van der Waals surface area (Å²) in [6.07, 6.45) is 0. The lowest BCUT2D eigenvalue weighted by Crippen LogP contribution is -2.23. The van der Waals surface area contributed by atoms with Gasteiger partial charge in [0.25, 0.3) is 5.91 Å². The molecule has 5 nitrogen and oxygen atoms in total. The van der Waals surface area contributed by atoms with Crippen LogP contribution in [-0.2, 0) is 4.79 Å². The molecule has 0 aliphatic rings. The first kappa shape index (κ1) is 16.0. The van der Waals surface area contributed by atoms with E-state index in [0.29, 0.717) is 10.6 Å². The third kappa shape index (κ3) is 3.54. The maximum absolute atomic E-state index is 12.3. The highest BCUT2D eigenvalue weighted by molar-refractivity contribution is 8.02. The lowest BCUT2D eigenvalue weighted by Gasteiger charge is -2.09. The first-order valence-electron chi connectivity index (χ1n) is 6.75. The number of rotatable bonds is 5. The van der Waals surface area contributed by atoms with Crippen molar-refractivity contribution >= 4 is 61.5 Å². The molecule has 0 radical (unpaired) electrons. The second-order valence-electron chi connectivity index (χ2n) is 4.72. The fourth-order valence-corrected chi connectivity index (χ4v) is 4.93. The van der Waals surface area contributed by atoms with Crippen LogP contribution in [0.3, 0.4) is 0 Å². The number of hydrogen-bond donors (Lipinski definition) is 2. The van der Waals surface area contributed by atoms with Gasteiger partial charge in [0.1, 0.15) is 5.00 Å². The molecule has 0 fully saturated rings. The minimum Gasteiger partial charge on any atom is -0.366 e. The highest BCUT2D eigenvalue weighted by Gasteiger charge is 2.19. The predicted octanol–water partition coefficient (Wildman–Crippen LogP) is 3.58. The number of fused-ring (bicyclic) bond motifs is 1. The number of para-hydroxylation sites is 1. The Balaban J connectivity index is 1.69. The highest BCUT2D eigenvalue weighted by atomic mass is 32.2. The molecule has 2 aromatic heterocycles. The molecule has 0 saturated heterocycles. The lowest BCUT2D eigenvalue weighted by molar-refractivity contribution is -0.115. The van der Waals surface area contributed by atoms with Crippen LogP contribution < -0.4 is 11.1 Å². The van der Waals surface area contributed by atoms with Gasteiger partial charge in [-0.05, 0) is 30.5 Å². The van der Waals surface area contributed by atoms with Crippen LogP contribution in [0.25, 0.3) is 10.2 Å². The van der Waals surface area contributed by atoms with Gasteiger partial charge < -0.3 is 11.1 Å². The number of nitrogens with zero attached hydrogens (tertiary/aromatic N) is 1. The third-order valence-corrected chi connectivity index (χ3v) is 6.15. The van der Waals surface area contributed by atoms with Gasteiger partial charge in [0.2, 0.25) is 5.91 Å². The van der Waals surface area contributed by atoms with Crippen molar-refractivity contribution < 1.29 is 9.59 Å². The summed E-state index contributed by atoms with van der Waals surface area (Å²) in [5.41, 5.74) is 6.55. The minimum absolute atomic E-state index is 0.181. The molecule has 0 aliphatic carbocycles. The molecule has 2 heterocycles. The number of anilines is 1. The summed E-state index contributed by atoms with van der Waals surface area (Å²) in [5, 5.41) is 4.63. The van der Waals surface area contributed by atoms with Gasteiger partial charge in [0.15, 0.2) is 4.34 Å². The number of thioether (sulfide) groups is 1. The van der Waals surface area contributed by atoms with E-state index in [4.69, 9.17) is 5.73 Å². The zero-order valence-corrected chi connectivity index (χ0v) is 14.6. The molecule has 23 heavy (non-hydrogen) atoms. The average Bonchev–Trinajstić information content (AvgIpc) is 3.12. The highest BCUT2D eigenvalue weighted by Crippen LogP contribution is 2.32. The molecule has 1 aromatic carbocycles. The number of benzene rings is 1. The van der Waals surface area contributed by atoms with Crippen molar-refractivity contribution in [3.05, 3.63) is 41.3 Å². The normalized spacial score (nSPS) is 12.2. The maximum atomic E-state index is 12.3. The number of hydrogen-bond acceptors (Lipinski definition) is 6. The molecule has 0 spiro atoms. The van der Waals surface area contributed by atoms with Crippen molar-refractivity contribution in [3.8, 4) is 0 Å². The Labute approximate surface area is 144 Å². The van der Waals surface area contributed by atoms with Gasteiger partial charge in [-0.3, -0.25) is 9.59 Å². The number of amides is 2. The predicted molar refractivity (Wildman–Crippen MR) is 96.4 cm³/mol. The molecule has 1 unspecified atom stereocenters. The first-order valence-corrected chi connectivity index (χ1v) is 9.32. The van der Waals surface area contributed by atoms with Crippen LogP contribution in [0.5, 0.6) is 0 Å². The molecule has 3 rings (SSSR count). The topological polar surface area (TPSA) is 85.1 Å². The number of primary amides is 1. The van der Waals surface area contributed by atoms with Crippen LogP contribution in [0.15, 0.2) is 40.1 Å². The second-order valence-corrected chi connectivity index (χ2v) is 8.26. The molecule has 3 N–H and O–H groups in total. The van der Waals surface area contributed by atoms with Crippen molar-refractivity contribution in [2.24, 2.45) is 5.73 Å². The van der Waals surface area contributed by atoms with Crippen LogP contribution in [0.4, 0.5) is 5.00 Å². The fraction of sp³-hybridized carbons (Fsp3) is 0.133. The first-order chi connectivity index (χ1) is 11.0. The Kier molecular flexibility index (Phi) is 4.65. The number of carbonyl (C=O) groups is 2. The third-order valence-electron chi connectivity index (χ3n) is 3.09. The molecule has 1 atom stereocenters.